The Bertz CT molecular complexity index is 842. The molecule has 2 aliphatic heterocycles. The topological polar surface area (TPSA) is 57.3 Å². The Kier molecular flexibility index (Phi) is 9.73. The maximum atomic E-state index is 13.1. The lowest BCUT2D eigenvalue weighted by Crippen LogP contribution is -2.48. The minimum absolute atomic E-state index is 0.0763. The van der Waals surface area contributed by atoms with E-state index >= 15 is 0 Å². The summed E-state index contributed by atoms with van der Waals surface area (Å²) in [5.41, 5.74) is 3.03. The highest BCUT2D eigenvalue weighted by Crippen LogP contribution is 2.37. The van der Waals surface area contributed by atoms with E-state index in [9.17, 15) is 4.79 Å². The van der Waals surface area contributed by atoms with Gasteiger partial charge in [0.05, 0.1) is 38.5 Å². The molecule has 1 N–H and O–H groups in total. The molecule has 0 aliphatic carbocycles. The Labute approximate surface area is 211 Å². The average molecular weight is 644 g/mol. The van der Waals surface area contributed by atoms with Gasteiger partial charge < -0.3 is 19.5 Å². The van der Waals surface area contributed by atoms with Gasteiger partial charge in [0.15, 0.2) is 5.08 Å². The van der Waals surface area contributed by atoms with Crippen molar-refractivity contribution in [3.05, 3.63) is 58.1 Å². The van der Waals surface area contributed by atoms with Gasteiger partial charge in [-0.1, -0.05) is 36.7 Å². The Morgan fingerprint density at radius 1 is 1.29 bits per heavy atom. The summed E-state index contributed by atoms with van der Waals surface area (Å²) in [6.45, 7) is 5.16. The summed E-state index contributed by atoms with van der Waals surface area (Å²) in [7, 11) is 1.79. The van der Waals surface area contributed by atoms with Gasteiger partial charge >= 0.3 is 6.03 Å². The van der Waals surface area contributed by atoms with Gasteiger partial charge in [-0.2, -0.15) is 0 Å². The largest absolute Gasteiger partial charge is 0.377 e. The summed E-state index contributed by atoms with van der Waals surface area (Å²) >= 11 is 12.0. The van der Waals surface area contributed by atoms with Crippen molar-refractivity contribution in [2.75, 3.05) is 33.4 Å². The SMILES string of the molecule is CC/C=C1/C2=C(NC(Br)N2Cc2ccc(Cl)cc2)N(C)C(=O)N1CCOCCOPI. The number of rotatable bonds is 10. The Morgan fingerprint density at radius 2 is 2.03 bits per heavy atom. The van der Waals surface area contributed by atoms with E-state index in [-0.39, 0.29) is 11.1 Å². The number of ether oxygens (including phenoxy) is 1. The molecular weight excluding hydrogens is 617 g/mol. The summed E-state index contributed by atoms with van der Waals surface area (Å²) < 4.78 is 11.0. The van der Waals surface area contributed by atoms with Crippen LogP contribution in [0.25, 0.3) is 0 Å². The summed E-state index contributed by atoms with van der Waals surface area (Å²) in [5, 5.41) is 3.98. The van der Waals surface area contributed by atoms with Crippen molar-refractivity contribution in [3.8, 4) is 0 Å². The number of amides is 2. The van der Waals surface area contributed by atoms with Crippen molar-refractivity contribution >= 4 is 62.1 Å². The van der Waals surface area contributed by atoms with Gasteiger partial charge in [0.1, 0.15) is 11.5 Å². The first kappa shape index (κ1) is 25.1. The highest BCUT2D eigenvalue weighted by atomic mass is 127. The molecule has 0 saturated heterocycles. The molecule has 1 aromatic rings. The molecule has 11 heteroatoms. The zero-order valence-electron chi connectivity index (χ0n) is 17.4. The van der Waals surface area contributed by atoms with Crippen molar-refractivity contribution in [1.82, 2.24) is 20.0 Å². The number of carbonyl (C=O) groups excluding carboxylic acids is 1. The summed E-state index contributed by atoms with van der Waals surface area (Å²) in [5.74, 6) is 0.800. The lowest BCUT2D eigenvalue weighted by Gasteiger charge is -2.37. The zero-order valence-corrected chi connectivity index (χ0v) is 22.9. The number of allylic oxidation sites excluding steroid dienone is 1. The maximum absolute atomic E-state index is 13.1. The second-order valence-electron chi connectivity index (χ2n) is 6.96. The second kappa shape index (κ2) is 12.0. The first-order valence-corrected chi connectivity index (χ1v) is 15.3. The first-order valence-electron chi connectivity index (χ1n) is 9.94. The van der Waals surface area contributed by atoms with Crippen LogP contribution in [0.5, 0.6) is 0 Å². The van der Waals surface area contributed by atoms with Gasteiger partial charge in [-0.05, 0) is 62.1 Å². The molecule has 0 fully saturated rings. The number of alkyl halides is 1. The van der Waals surface area contributed by atoms with Gasteiger partial charge in [0, 0.05) is 18.6 Å². The van der Waals surface area contributed by atoms with Gasteiger partial charge in [-0.15, -0.1) is 0 Å². The number of benzene rings is 1. The standard InChI is InChI=1S/C20H26BrClIN4O3P/c1-3-4-16-17-18(24-19(21)27(17)13-14-5-7-15(22)8-6-14)25(2)20(28)26(16)9-10-29-11-12-30-31-23/h4-8,19,24,31H,3,9-13H2,1-2H3/b16-4-. The van der Waals surface area contributed by atoms with Gasteiger partial charge in [-0.3, -0.25) is 9.80 Å². The number of nitrogens with one attached hydrogen (secondary N) is 1. The van der Waals surface area contributed by atoms with E-state index in [4.69, 9.17) is 20.9 Å². The summed E-state index contributed by atoms with van der Waals surface area (Å²) in [4.78, 5) is 18.8. The lowest BCUT2D eigenvalue weighted by atomic mass is 10.1. The fourth-order valence-corrected chi connectivity index (χ4v) is 5.01. The van der Waals surface area contributed by atoms with Crippen LogP contribution < -0.4 is 5.32 Å². The molecule has 31 heavy (non-hydrogen) atoms. The van der Waals surface area contributed by atoms with Crippen LogP contribution in [0.1, 0.15) is 18.9 Å². The van der Waals surface area contributed by atoms with Crippen LogP contribution in [0.15, 0.2) is 47.6 Å². The third kappa shape index (κ3) is 6.06. The molecule has 0 saturated carbocycles. The van der Waals surface area contributed by atoms with E-state index < -0.39 is 0 Å². The molecule has 1 aromatic carbocycles. The smallest absolute Gasteiger partial charge is 0.330 e. The van der Waals surface area contributed by atoms with E-state index in [0.717, 1.165) is 29.2 Å². The van der Waals surface area contributed by atoms with Crippen molar-refractivity contribution in [2.45, 2.75) is 25.0 Å². The summed E-state index contributed by atoms with van der Waals surface area (Å²) in [6, 6.07) is 7.75. The minimum Gasteiger partial charge on any atom is -0.377 e. The highest BCUT2D eigenvalue weighted by molar-refractivity contribution is 14.2. The van der Waals surface area contributed by atoms with Crippen LogP contribution in [0.2, 0.25) is 5.02 Å². The normalized spacial score (nSPS) is 20.4. The van der Waals surface area contributed by atoms with Crippen molar-refractivity contribution in [1.29, 1.82) is 0 Å². The Hall–Kier alpha value is -0.580. The molecule has 2 heterocycles. The summed E-state index contributed by atoms with van der Waals surface area (Å²) in [6.07, 6.45) is 2.91. The zero-order chi connectivity index (χ0) is 22.4. The van der Waals surface area contributed by atoms with Crippen LogP contribution >= 0.6 is 56.0 Å². The van der Waals surface area contributed by atoms with Gasteiger partial charge in [0.25, 0.3) is 0 Å². The van der Waals surface area contributed by atoms with Crippen LogP contribution in [0.3, 0.4) is 0 Å². The average Bonchev–Trinajstić information content (AvgIpc) is 3.08. The minimum atomic E-state index is -0.133. The third-order valence-electron chi connectivity index (χ3n) is 4.93. The highest BCUT2D eigenvalue weighted by Gasteiger charge is 2.42. The first-order chi connectivity index (χ1) is 15.0. The van der Waals surface area contributed by atoms with Crippen LogP contribution in [-0.4, -0.2) is 59.2 Å². The second-order valence-corrected chi connectivity index (χ2v) is 10.0. The molecule has 2 amide bonds. The Morgan fingerprint density at radius 3 is 2.71 bits per heavy atom. The number of halogens is 3. The fourth-order valence-electron chi connectivity index (χ4n) is 3.50. The van der Waals surface area contributed by atoms with Gasteiger partial charge in [-0.25, -0.2) is 4.79 Å². The molecule has 7 nitrogen and oxygen atoms in total. The molecule has 2 atom stereocenters. The molecular formula is C20H26BrClIN4O3P. The molecule has 0 spiro atoms. The molecule has 3 rings (SSSR count). The fraction of sp³-hybridized carbons (Fsp3) is 0.450. The van der Waals surface area contributed by atoms with E-state index in [1.165, 1.54) is 0 Å². The molecule has 0 aromatic heterocycles. The number of nitrogens with zero attached hydrogens (tertiary/aromatic N) is 3. The molecule has 2 aliphatic rings. The lowest BCUT2D eigenvalue weighted by molar-refractivity contribution is 0.0902. The van der Waals surface area contributed by atoms with E-state index in [2.05, 4.69) is 61.2 Å². The predicted molar refractivity (Wildman–Crippen MR) is 137 cm³/mol. The van der Waals surface area contributed by atoms with E-state index in [1.54, 1.807) is 16.8 Å². The van der Waals surface area contributed by atoms with Crippen molar-refractivity contribution in [3.63, 3.8) is 0 Å². The predicted octanol–water partition coefficient (Wildman–Crippen LogP) is 5.23. The number of hydrogen-bond donors (Lipinski definition) is 1. The Balaban J connectivity index is 1.81. The quantitative estimate of drug-likeness (QED) is 0.125. The molecule has 170 valence electrons. The third-order valence-corrected chi connectivity index (χ3v) is 7.16. The van der Waals surface area contributed by atoms with E-state index in [0.29, 0.717) is 44.4 Å². The number of hydrogen-bond acceptors (Lipinski definition) is 5. The van der Waals surface area contributed by atoms with Crippen molar-refractivity contribution < 1.29 is 14.1 Å². The monoisotopic (exact) mass is 642 g/mol. The van der Waals surface area contributed by atoms with Crippen LogP contribution in [0, 0.1) is 0 Å². The maximum Gasteiger partial charge on any atom is 0.330 e. The van der Waals surface area contributed by atoms with Crippen molar-refractivity contribution in [2.24, 2.45) is 0 Å². The van der Waals surface area contributed by atoms with Gasteiger partial charge in [0.2, 0.25) is 0 Å². The molecule has 2 unspecified atom stereocenters. The molecule has 0 radical (unpaired) electrons. The van der Waals surface area contributed by atoms with E-state index in [1.807, 2.05) is 24.3 Å². The van der Waals surface area contributed by atoms with Crippen LogP contribution in [0.4, 0.5) is 4.79 Å². The number of carbonyl (C=O) groups is 1. The number of urea groups is 1. The molecule has 0 bridgehead atoms. The van der Waals surface area contributed by atoms with Crippen LogP contribution in [-0.2, 0) is 15.8 Å².